The summed E-state index contributed by atoms with van der Waals surface area (Å²) in [5, 5.41) is -0.421. The van der Waals surface area contributed by atoms with Crippen LogP contribution < -0.4 is 4.74 Å². The lowest BCUT2D eigenvalue weighted by atomic mass is 9.86. The van der Waals surface area contributed by atoms with Crippen molar-refractivity contribution in [3.8, 4) is 5.75 Å². The highest BCUT2D eigenvalue weighted by Crippen LogP contribution is 2.38. The van der Waals surface area contributed by atoms with Gasteiger partial charge >= 0.3 is 11.3 Å². The molecule has 138 valence electrons. The number of hydrogen-bond donors (Lipinski definition) is 0. The topological polar surface area (TPSA) is 52.6 Å². The van der Waals surface area contributed by atoms with Gasteiger partial charge in [0.1, 0.15) is 5.75 Å². The van der Waals surface area contributed by atoms with Gasteiger partial charge in [0.15, 0.2) is 0 Å². The molecule has 2 aromatic carbocycles. The van der Waals surface area contributed by atoms with Crippen molar-refractivity contribution in [2.75, 3.05) is 6.61 Å². The summed E-state index contributed by atoms with van der Waals surface area (Å²) in [4.78, 5) is 25.0. The Balaban J connectivity index is 2.42. The van der Waals surface area contributed by atoms with Gasteiger partial charge in [-0.2, -0.15) is 0 Å². The maximum atomic E-state index is 12.5. The normalized spacial score (nSPS) is 11.1. The van der Waals surface area contributed by atoms with E-state index in [0.29, 0.717) is 22.8 Å². The molecule has 5 heteroatoms. The monoisotopic (exact) mass is 372 g/mol. The van der Waals surface area contributed by atoms with Crippen molar-refractivity contribution in [2.24, 2.45) is 0 Å². The molecule has 0 unspecified atom stereocenters. The van der Waals surface area contributed by atoms with Crippen molar-refractivity contribution < 1.29 is 19.1 Å². The Morgan fingerprint density at radius 1 is 1.08 bits per heavy atom. The van der Waals surface area contributed by atoms with Crippen LogP contribution in [0, 0.1) is 6.92 Å². The van der Waals surface area contributed by atoms with Gasteiger partial charge in [-0.1, -0.05) is 45.0 Å². The number of thioether (sulfide) groups is 1. The first-order valence-electron chi connectivity index (χ1n) is 8.49. The number of aryl methyl sites for hydroxylation is 1. The van der Waals surface area contributed by atoms with E-state index in [1.165, 1.54) is 0 Å². The van der Waals surface area contributed by atoms with Crippen LogP contribution in [0.1, 0.15) is 49.2 Å². The number of esters is 1. The molecule has 0 aliphatic carbocycles. The maximum Gasteiger partial charge on any atom is 0.372 e. The van der Waals surface area contributed by atoms with E-state index in [-0.39, 0.29) is 5.41 Å². The molecule has 0 spiro atoms. The molecular formula is C21H24O4S. The molecule has 0 bridgehead atoms. The largest absolute Gasteiger partial charge is 0.458 e. The third-order valence-electron chi connectivity index (χ3n) is 3.77. The van der Waals surface area contributed by atoms with Gasteiger partial charge in [-0.15, -0.1) is 0 Å². The van der Waals surface area contributed by atoms with Crippen LogP contribution in [0.3, 0.4) is 0 Å². The smallest absolute Gasteiger partial charge is 0.372 e. The predicted molar refractivity (Wildman–Crippen MR) is 104 cm³/mol. The zero-order valence-electron chi connectivity index (χ0n) is 15.8. The Hall–Kier alpha value is -2.27. The Kier molecular flexibility index (Phi) is 6.48. The average molecular weight is 372 g/mol. The molecule has 0 saturated heterocycles. The van der Waals surface area contributed by atoms with Crippen LogP contribution in [0.25, 0.3) is 0 Å². The van der Waals surface area contributed by atoms with Crippen molar-refractivity contribution in [3.63, 3.8) is 0 Å². The van der Waals surface area contributed by atoms with Crippen LogP contribution >= 0.6 is 11.8 Å². The standard InChI is InChI=1S/C21H24O4S/c1-6-24-20(23)26-17-13-16(21(3,4)5)12-14(2)18(17)25-19(22)15-10-8-7-9-11-15/h7-13H,6H2,1-5H3. The number of ether oxygens (including phenoxy) is 2. The first kappa shape index (κ1) is 20.0. The number of benzene rings is 2. The summed E-state index contributed by atoms with van der Waals surface area (Å²) in [6, 6.07) is 12.7. The van der Waals surface area contributed by atoms with Crippen LogP contribution in [0.15, 0.2) is 47.4 Å². The highest BCUT2D eigenvalue weighted by molar-refractivity contribution is 8.13. The molecule has 0 N–H and O–H groups in total. The molecule has 0 aliphatic rings. The second kappa shape index (κ2) is 8.41. The van der Waals surface area contributed by atoms with Crippen molar-refractivity contribution in [1.82, 2.24) is 0 Å². The summed E-state index contributed by atoms with van der Waals surface area (Å²) in [6.07, 6.45) is 0. The van der Waals surface area contributed by atoms with Crippen molar-refractivity contribution in [1.29, 1.82) is 0 Å². The van der Waals surface area contributed by atoms with Crippen LogP contribution in [-0.2, 0) is 10.2 Å². The van der Waals surface area contributed by atoms with Gasteiger partial charge in [0.2, 0.25) is 0 Å². The van der Waals surface area contributed by atoms with Gasteiger partial charge in [0, 0.05) is 0 Å². The van der Waals surface area contributed by atoms with E-state index in [9.17, 15) is 9.59 Å². The van der Waals surface area contributed by atoms with Gasteiger partial charge in [-0.25, -0.2) is 9.59 Å². The Morgan fingerprint density at radius 3 is 2.31 bits per heavy atom. The minimum absolute atomic E-state index is 0.100. The fourth-order valence-corrected chi connectivity index (χ4v) is 3.18. The Labute approximate surface area is 158 Å². The van der Waals surface area contributed by atoms with E-state index in [1.807, 2.05) is 25.1 Å². The number of rotatable bonds is 4. The number of carbonyl (C=O) groups excluding carboxylic acids is 2. The molecule has 4 nitrogen and oxygen atoms in total. The molecule has 0 saturated carbocycles. The minimum atomic E-state index is -0.456. The highest BCUT2D eigenvalue weighted by atomic mass is 32.2. The van der Waals surface area contributed by atoms with Crippen molar-refractivity contribution >= 4 is 23.0 Å². The quantitative estimate of drug-likeness (QED) is 0.388. The van der Waals surface area contributed by atoms with E-state index < -0.39 is 11.3 Å². The van der Waals surface area contributed by atoms with E-state index in [4.69, 9.17) is 9.47 Å². The summed E-state index contributed by atoms with van der Waals surface area (Å²) in [5.41, 5.74) is 2.21. The lowest BCUT2D eigenvalue weighted by Gasteiger charge is -2.22. The summed E-state index contributed by atoms with van der Waals surface area (Å²) >= 11 is 0.938. The van der Waals surface area contributed by atoms with Crippen molar-refractivity contribution in [2.45, 2.75) is 44.9 Å². The zero-order valence-corrected chi connectivity index (χ0v) is 16.6. The molecule has 0 radical (unpaired) electrons. The van der Waals surface area contributed by atoms with Crippen LogP contribution in [-0.4, -0.2) is 17.9 Å². The number of carbonyl (C=O) groups is 2. The first-order chi connectivity index (χ1) is 12.2. The molecule has 0 amide bonds. The Morgan fingerprint density at radius 2 is 1.73 bits per heavy atom. The van der Waals surface area contributed by atoms with Gasteiger partial charge < -0.3 is 9.47 Å². The molecule has 0 aromatic heterocycles. The lowest BCUT2D eigenvalue weighted by molar-refractivity contribution is 0.0729. The summed E-state index contributed by atoms with van der Waals surface area (Å²) < 4.78 is 10.7. The van der Waals surface area contributed by atoms with E-state index >= 15 is 0 Å². The second-order valence-electron chi connectivity index (χ2n) is 6.91. The van der Waals surface area contributed by atoms with E-state index in [2.05, 4.69) is 20.8 Å². The zero-order chi connectivity index (χ0) is 19.3. The molecule has 0 fully saturated rings. The second-order valence-corrected chi connectivity index (χ2v) is 7.89. The van der Waals surface area contributed by atoms with Gasteiger partial charge in [-0.05, 0) is 60.4 Å². The van der Waals surface area contributed by atoms with Crippen LogP contribution in [0.2, 0.25) is 0 Å². The Bertz CT molecular complexity index is 792. The molecule has 26 heavy (non-hydrogen) atoms. The van der Waals surface area contributed by atoms with Gasteiger partial charge in [0.05, 0.1) is 17.1 Å². The molecular weight excluding hydrogens is 348 g/mol. The van der Waals surface area contributed by atoms with Gasteiger partial charge in [-0.3, -0.25) is 0 Å². The van der Waals surface area contributed by atoms with E-state index in [0.717, 1.165) is 22.9 Å². The molecule has 0 atom stereocenters. The highest BCUT2D eigenvalue weighted by Gasteiger charge is 2.22. The SMILES string of the molecule is CCOC(=O)Sc1cc(C(C)(C)C)cc(C)c1OC(=O)c1ccccc1. The molecule has 2 rings (SSSR count). The summed E-state index contributed by atoms with van der Waals surface area (Å²) in [5.74, 6) is -0.0622. The minimum Gasteiger partial charge on any atom is -0.458 e. The third kappa shape index (κ3) is 5.11. The number of hydrogen-bond acceptors (Lipinski definition) is 5. The van der Waals surface area contributed by atoms with E-state index in [1.54, 1.807) is 31.2 Å². The summed E-state index contributed by atoms with van der Waals surface area (Å²) in [7, 11) is 0. The van der Waals surface area contributed by atoms with Crippen molar-refractivity contribution in [3.05, 3.63) is 59.2 Å². The molecule has 2 aromatic rings. The molecule has 0 heterocycles. The lowest BCUT2D eigenvalue weighted by Crippen LogP contribution is -2.14. The summed E-state index contributed by atoms with van der Waals surface area (Å²) in [6.45, 7) is 10.2. The maximum absolute atomic E-state index is 12.5. The first-order valence-corrected chi connectivity index (χ1v) is 9.31. The van der Waals surface area contributed by atoms with Crippen LogP contribution in [0.4, 0.5) is 4.79 Å². The average Bonchev–Trinajstić information content (AvgIpc) is 2.57. The fraction of sp³-hybridized carbons (Fsp3) is 0.333. The third-order valence-corrected chi connectivity index (χ3v) is 4.57. The van der Waals surface area contributed by atoms with Gasteiger partial charge in [0.25, 0.3) is 0 Å². The predicted octanol–water partition coefficient (Wildman–Crippen LogP) is 5.76. The molecule has 0 aliphatic heterocycles. The van der Waals surface area contributed by atoms with Crippen LogP contribution in [0.5, 0.6) is 5.75 Å². The fourth-order valence-electron chi connectivity index (χ4n) is 2.34.